The maximum atomic E-state index is 13.1. The van der Waals surface area contributed by atoms with E-state index in [1.54, 1.807) is 0 Å². The third-order valence-corrected chi connectivity index (χ3v) is 13.6. The Morgan fingerprint density at radius 1 is 0.562 bits per heavy atom. The fourth-order valence-electron chi connectivity index (χ4n) is 8.99. The predicted octanol–water partition coefficient (Wildman–Crippen LogP) is 11.7. The van der Waals surface area contributed by atoms with Gasteiger partial charge in [0.2, 0.25) is 5.91 Å². The number of carbonyl (C=O) groups excluding carboxylic acids is 1. The van der Waals surface area contributed by atoms with Crippen LogP contribution in [0.15, 0.2) is 0 Å². The summed E-state index contributed by atoms with van der Waals surface area (Å²) < 4.78 is 47.8. The van der Waals surface area contributed by atoms with Crippen molar-refractivity contribution in [3.8, 4) is 0 Å². The molecule has 6 N–H and O–H groups in total. The van der Waals surface area contributed by atoms with Gasteiger partial charge in [0.15, 0.2) is 6.29 Å². The third kappa shape index (κ3) is 34.4. The lowest BCUT2D eigenvalue weighted by Crippen LogP contribution is -2.61. The first-order chi connectivity index (χ1) is 31.0. The quantitative estimate of drug-likeness (QED) is 0.0251. The molecular formula is C51H101NO11S. The van der Waals surface area contributed by atoms with Crippen molar-refractivity contribution in [3.05, 3.63) is 0 Å². The number of ether oxygens (including phenoxy) is 2. The van der Waals surface area contributed by atoms with E-state index in [0.717, 1.165) is 51.4 Å². The molecule has 1 aliphatic heterocycles. The molecule has 1 fully saturated rings. The van der Waals surface area contributed by atoms with Gasteiger partial charge in [-0.2, -0.15) is 8.42 Å². The highest BCUT2D eigenvalue weighted by molar-refractivity contribution is 7.80. The minimum Gasteiger partial charge on any atom is -0.394 e. The first-order valence-corrected chi connectivity index (χ1v) is 28.3. The van der Waals surface area contributed by atoms with Crippen LogP contribution >= 0.6 is 0 Å². The number of hydrogen-bond acceptors (Lipinski definition) is 10. The van der Waals surface area contributed by atoms with Gasteiger partial charge in [-0.25, -0.2) is 4.18 Å². The molecule has 7 atom stereocenters. The van der Waals surface area contributed by atoms with E-state index in [4.69, 9.17) is 9.47 Å². The molecule has 0 radical (unpaired) electrons. The Morgan fingerprint density at radius 3 is 1.25 bits per heavy atom. The van der Waals surface area contributed by atoms with E-state index >= 15 is 0 Å². The Balaban J connectivity index is 2.38. The number of nitrogens with one attached hydrogen (secondary N) is 1. The topological polar surface area (TPSA) is 192 Å². The van der Waals surface area contributed by atoms with Crippen LogP contribution in [0, 0.1) is 0 Å². The molecule has 0 aliphatic carbocycles. The van der Waals surface area contributed by atoms with E-state index in [-0.39, 0.29) is 12.5 Å². The van der Waals surface area contributed by atoms with Crippen molar-refractivity contribution < 1.29 is 51.8 Å². The van der Waals surface area contributed by atoms with Crippen molar-refractivity contribution in [2.45, 2.75) is 307 Å². The van der Waals surface area contributed by atoms with Gasteiger partial charge in [-0.05, 0) is 12.8 Å². The highest BCUT2D eigenvalue weighted by Crippen LogP contribution is 2.26. The molecule has 0 aromatic rings. The fraction of sp³-hybridized carbons (Fsp3) is 0.980. The summed E-state index contributed by atoms with van der Waals surface area (Å²) in [7, 11) is -5.07. The van der Waals surface area contributed by atoms with Crippen LogP contribution in [-0.2, 0) is 28.9 Å². The second kappa shape index (κ2) is 42.2. The molecule has 1 saturated heterocycles. The summed E-state index contributed by atoms with van der Waals surface area (Å²) in [6.07, 6.45) is 38.1. The number of aliphatic hydroxyl groups excluding tert-OH is 4. The lowest BCUT2D eigenvalue weighted by Gasteiger charge is -2.41. The summed E-state index contributed by atoms with van der Waals surface area (Å²) in [4.78, 5) is 13.1. The number of unbranched alkanes of at least 4 members (excludes halogenated alkanes) is 35. The molecule has 0 saturated carbocycles. The van der Waals surface area contributed by atoms with Crippen molar-refractivity contribution >= 4 is 16.3 Å². The molecule has 1 heterocycles. The molecule has 0 bridgehead atoms. The van der Waals surface area contributed by atoms with Gasteiger partial charge in [-0.1, -0.05) is 245 Å². The van der Waals surface area contributed by atoms with Gasteiger partial charge >= 0.3 is 10.4 Å². The highest BCUT2D eigenvalue weighted by Gasteiger charge is 2.48. The largest absolute Gasteiger partial charge is 0.397 e. The molecule has 1 rings (SSSR count). The average Bonchev–Trinajstić information content (AvgIpc) is 3.27. The van der Waals surface area contributed by atoms with Crippen LogP contribution in [0.2, 0.25) is 0 Å². The number of carbonyl (C=O) groups is 1. The standard InChI is InChI=1S/C51H101NO11S/c1-3-5-7-9-11-13-15-17-19-21-22-23-24-25-27-29-31-33-35-37-39-41-47(55)52-44(43-61-51-49(57)50(63-64(58,59)60)48(56)46(42-53)62-51)45(54)40-38-36-34-32-30-28-26-20-18-16-14-12-10-8-6-4-2/h44-46,48-51,53-54,56-57H,3-43H2,1-2H3,(H,52,55)(H,58,59,60). The molecule has 1 amide bonds. The zero-order valence-corrected chi connectivity index (χ0v) is 41.9. The SMILES string of the molecule is CCCCCCCCCCCCCCCCCCCCCCCC(=O)NC(COC1OC(CO)C(O)C(OS(=O)(=O)O)C1O)C(O)CCCCCCCCCCCCCCCCCC. The van der Waals surface area contributed by atoms with Crippen LogP contribution < -0.4 is 5.32 Å². The van der Waals surface area contributed by atoms with Gasteiger partial charge in [0, 0.05) is 6.42 Å². The van der Waals surface area contributed by atoms with E-state index in [0.29, 0.717) is 12.8 Å². The molecule has 12 nitrogen and oxygen atoms in total. The Morgan fingerprint density at radius 2 is 0.906 bits per heavy atom. The summed E-state index contributed by atoms with van der Waals surface area (Å²) in [5.74, 6) is -0.223. The first kappa shape index (κ1) is 61.1. The lowest BCUT2D eigenvalue weighted by molar-refractivity contribution is -0.298. The third-order valence-electron chi connectivity index (χ3n) is 13.2. The van der Waals surface area contributed by atoms with Crippen molar-refractivity contribution in [3.63, 3.8) is 0 Å². The second-order valence-electron chi connectivity index (χ2n) is 19.2. The van der Waals surface area contributed by atoms with Crippen LogP contribution in [0.5, 0.6) is 0 Å². The maximum Gasteiger partial charge on any atom is 0.397 e. The van der Waals surface area contributed by atoms with Gasteiger partial charge in [0.1, 0.15) is 24.4 Å². The molecule has 0 aromatic carbocycles. The van der Waals surface area contributed by atoms with Crippen LogP contribution in [0.1, 0.15) is 264 Å². The summed E-state index contributed by atoms with van der Waals surface area (Å²) >= 11 is 0. The number of amides is 1. The monoisotopic (exact) mass is 936 g/mol. The smallest absolute Gasteiger partial charge is 0.394 e. The number of rotatable bonds is 47. The van der Waals surface area contributed by atoms with Gasteiger partial charge in [0.05, 0.1) is 25.4 Å². The Bertz CT molecular complexity index is 1150. The Hall–Kier alpha value is -0.900. The van der Waals surface area contributed by atoms with Gasteiger partial charge in [-0.3, -0.25) is 9.35 Å². The van der Waals surface area contributed by atoms with E-state index in [2.05, 4.69) is 23.3 Å². The van der Waals surface area contributed by atoms with Crippen molar-refractivity contribution in [1.82, 2.24) is 5.32 Å². The van der Waals surface area contributed by atoms with Gasteiger partial charge in [-0.15, -0.1) is 0 Å². The van der Waals surface area contributed by atoms with Crippen LogP contribution in [0.25, 0.3) is 0 Å². The molecular weight excluding hydrogens is 835 g/mol. The van der Waals surface area contributed by atoms with E-state index in [1.807, 2.05) is 0 Å². The van der Waals surface area contributed by atoms with E-state index in [9.17, 15) is 38.2 Å². The van der Waals surface area contributed by atoms with E-state index < -0.39 is 59.9 Å². The summed E-state index contributed by atoms with van der Waals surface area (Å²) in [5.41, 5.74) is 0. The Kier molecular flexibility index (Phi) is 40.3. The second-order valence-corrected chi connectivity index (χ2v) is 20.2. The Labute approximate surface area is 392 Å². The van der Waals surface area contributed by atoms with Gasteiger partial charge < -0.3 is 35.2 Å². The molecule has 0 spiro atoms. The maximum absolute atomic E-state index is 13.1. The molecule has 382 valence electrons. The molecule has 64 heavy (non-hydrogen) atoms. The fourth-order valence-corrected chi connectivity index (χ4v) is 9.50. The molecule has 7 unspecified atom stereocenters. The van der Waals surface area contributed by atoms with E-state index in [1.165, 1.54) is 186 Å². The predicted molar refractivity (Wildman–Crippen MR) is 259 cm³/mol. The van der Waals surface area contributed by atoms with Crippen molar-refractivity contribution in [2.24, 2.45) is 0 Å². The zero-order valence-electron chi connectivity index (χ0n) is 41.1. The van der Waals surface area contributed by atoms with Crippen LogP contribution in [-0.4, -0.2) is 95.4 Å². The summed E-state index contributed by atoms with van der Waals surface area (Å²) in [6.45, 7) is 3.49. The minimum atomic E-state index is -5.07. The highest BCUT2D eigenvalue weighted by atomic mass is 32.3. The van der Waals surface area contributed by atoms with Crippen LogP contribution in [0.4, 0.5) is 0 Å². The molecule has 13 heteroatoms. The van der Waals surface area contributed by atoms with Crippen molar-refractivity contribution in [1.29, 1.82) is 0 Å². The lowest BCUT2D eigenvalue weighted by atomic mass is 9.99. The molecule has 0 aromatic heterocycles. The van der Waals surface area contributed by atoms with Crippen LogP contribution in [0.3, 0.4) is 0 Å². The molecule has 1 aliphatic rings. The average molecular weight is 936 g/mol. The summed E-state index contributed by atoms with van der Waals surface area (Å²) in [5, 5.41) is 45.0. The number of hydrogen-bond donors (Lipinski definition) is 6. The zero-order chi connectivity index (χ0) is 46.9. The summed E-state index contributed by atoms with van der Waals surface area (Å²) in [6, 6.07) is -0.852. The number of aliphatic hydroxyl groups is 4. The first-order valence-electron chi connectivity index (χ1n) is 26.9. The van der Waals surface area contributed by atoms with Crippen molar-refractivity contribution in [2.75, 3.05) is 13.2 Å². The normalized spacial score (nSPS) is 20.1. The van der Waals surface area contributed by atoms with Gasteiger partial charge in [0.25, 0.3) is 0 Å². The minimum absolute atomic E-state index is 0.223.